The molecule has 0 bridgehead atoms. The van der Waals surface area contributed by atoms with Gasteiger partial charge in [0.1, 0.15) is 0 Å². The molecule has 0 spiro atoms. The van der Waals surface area contributed by atoms with Crippen molar-refractivity contribution in [3.05, 3.63) is 188 Å². The molecular formula is C49H31N3. The molecule has 1 aromatic heterocycles. The number of aromatic nitrogens is 3. The molecule has 0 atom stereocenters. The van der Waals surface area contributed by atoms with Gasteiger partial charge in [-0.15, -0.1) is 0 Å². The Balaban J connectivity index is 1.17. The third kappa shape index (κ3) is 5.10. The average Bonchev–Trinajstić information content (AvgIpc) is 3.23. The van der Waals surface area contributed by atoms with E-state index in [4.69, 9.17) is 15.0 Å². The highest BCUT2D eigenvalue weighted by atomic mass is 15.0. The van der Waals surface area contributed by atoms with Crippen LogP contribution in [0.2, 0.25) is 0 Å². The monoisotopic (exact) mass is 661 g/mol. The van der Waals surface area contributed by atoms with Crippen LogP contribution in [0.25, 0.3) is 99.5 Å². The number of hydrogen-bond donors (Lipinski definition) is 0. The fourth-order valence-electron chi connectivity index (χ4n) is 7.63. The number of rotatable bonds is 5. The lowest BCUT2D eigenvalue weighted by Gasteiger charge is -2.15. The van der Waals surface area contributed by atoms with E-state index in [1.54, 1.807) is 0 Å². The second-order valence-corrected chi connectivity index (χ2v) is 13.2. The highest BCUT2D eigenvalue weighted by molar-refractivity contribution is 6.20. The topological polar surface area (TPSA) is 38.7 Å². The van der Waals surface area contributed by atoms with Gasteiger partial charge in [0.25, 0.3) is 0 Å². The van der Waals surface area contributed by atoms with Gasteiger partial charge in [-0.2, -0.15) is 0 Å². The van der Waals surface area contributed by atoms with Gasteiger partial charge in [0.15, 0.2) is 17.5 Å². The minimum Gasteiger partial charge on any atom is -0.208 e. The van der Waals surface area contributed by atoms with Crippen molar-refractivity contribution in [1.82, 2.24) is 15.0 Å². The Bertz CT molecular complexity index is 2940. The molecule has 0 unspecified atom stereocenters. The molecule has 0 fully saturated rings. The van der Waals surface area contributed by atoms with Crippen molar-refractivity contribution in [2.75, 3.05) is 0 Å². The predicted molar refractivity (Wildman–Crippen MR) is 217 cm³/mol. The van der Waals surface area contributed by atoms with Crippen LogP contribution in [0.1, 0.15) is 0 Å². The van der Waals surface area contributed by atoms with Gasteiger partial charge >= 0.3 is 0 Å². The van der Waals surface area contributed by atoms with Crippen LogP contribution >= 0.6 is 0 Å². The van der Waals surface area contributed by atoms with Crippen molar-refractivity contribution >= 4 is 43.1 Å². The maximum Gasteiger partial charge on any atom is 0.164 e. The lowest BCUT2D eigenvalue weighted by Crippen LogP contribution is -2.01. The van der Waals surface area contributed by atoms with Gasteiger partial charge in [-0.25, -0.2) is 15.0 Å². The van der Waals surface area contributed by atoms with E-state index in [9.17, 15) is 0 Å². The first kappa shape index (κ1) is 29.9. The Labute approximate surface area is 301 Å². The fraction of sp³-hybridized carbons (Fsp3) is 0. The molecule has 10 aromatic rings. The fourth-order valence-corrected chi connectivity index (χ4v) is 7.63. The molecule has 0 aliphatic rings. The number of fused-ring (bicyclic) bond motifs is 5. The quantitative estimate of drug-likeness (QED) is 0.136. The molecule has 242 valence electrons. The van der Waals surface area contributed by atoms with E-state index in [-0.39, 0.29) is 0 Å². The molecule has 0 aliphatic heterocycles. The molecule has 52 heavy (non-hydrogen) atoms. The molecule has 9 aromatic carbocycles. The molecule has 0 aliphatic carbocycles. The first-order valence-corrected chi connectivity index (χ1v) is 17.6. The predicted octanol–water partition coefficient (Wildman–Crippen LogP) is 12.8. The summed E-state index contributed by atoms with van der Waals surface area (Å²) in [6, 6.07) is 66.4. The summed E-state index contributed by atoms with van der Waals surface area (Å²) in [5, 5.41) is 9.72. The van der Waals surface area contributed by atoms with E-state index in [1.807, 2.05) is 6.07 Å². The maximum atomic E-state index is 5.18. The zero-order chi connectivity index (χ0) is 34.4. The first-order valence-electron chi connectivity index (χ1n) is 17.6. The third-order valence-electron chi connectivity index (χ3n) is 10.1. The van der Waals surface area contributed by atoms with Gasteiger partial charge < -0.3 is 0 Å². The summed E-state index contributed by atoms with van der Waals surface area (Å²) in [4.78, 5) is 15.5. The van der Waals surface area contributed by atoms with E-state index >= 15 is 0 Å². The van der Waals surface area contributed by atoms with Crippen molar-refractivity contribution in [2.24, 2.45) is 0 Å². The molecule has 0 amide bonds. The van der Waals surface area contributed by atoms with E-state index in [1.165, 1.54) is 37.9 Å². The SMILES string of the molecule is c1ccc(-c2ccccc2-c2nc(-c3ccc(-c4c5ccccc5cc5c4ccc4ccccc45)cc3)nc(-c3cccc4ccccc34)n2)cc1. The van der Waals surface area contributed by atoms with E-state index in [0.29, 0.717) is 17.5 Å². The van der Waals surface area contributed by atoms with Crippen LogP contribution < -0.4 is 0 Å². The Morgan fingerprint density at radius 3 is 1.58 bits per heavy atom. The molecule has 0 N–H and O–H groups in total. The second-order valence-electron chi connectivity index (χ2n) is 13.2. The molecule has 0 radical (unpaired) electrons. The normalized spacial score (nSPS) is 11.5. The largest absolute Gasteiger partial charge is 0.208 e. The summed E-state index contributed by atoms with van der Waals surface area (Å²) in [6.45, 7) is 0. The van der Waals surface area contributed by atoms with Crippen LogP contribution in [0, 0.1) is 0 Å². The Kier molecular flexibility index (Phi) is 7.14. The van der Waals surface area contributed by atoms with Crippen molar-refractivity contribution in [3.63, 3.8) is 0 Å². The van der Waals surface area contributed by atoms with Gasteiger partial charge in [-0.1, -0.05) is 182 Å². The van der Waals surface area contributed by atoms with Crippen molar-refractivity contribution in [3.8, 4) is 56.4 Å². The average molecular weight is 662 g/mol. The zero-order valence-electron chi connectivity index (χ0n) is 28.2. The third-order valence-corrected chi connectivity index (χ3v) is 10.1. The Morgan fingerprint density at radius 2 is 0.788 bits per heavy atom. The highest BCUT2D eigenvalue weighted by Gasteiger charge is 2.18. The van der Waals surface area contributed by atoms with E-state index in [2.05, 4.69) is 182 Å². The molecule has 1 heterocycles. The molecule has 0 saturated heterocycles. The molecule has 10 rings (SSSR count). The number of nitrogens with zero attached hydrogens (tertiary/aromatic N) is 3. The number of benzene rings is 9. The van der Waals surface area contributed by atoms with Crippen molar-refractivity contribution in [1.29, 1.82) is 0 Å². The van der Waals surface area contributed by atoms with E-state index < -0.39 is 0 Å². The highest BCUT2D eigenvalue weighted by Crippen LogP contribution is 2.40. The minimum atomic E-state index is 0.635. The zero-order valence-corrected chi connectivity index (χ0v) is 28.2. The lowest BCUT2D eigenvalue weighted by atomic mass is 9.89. The second kappa shape index (κ2) is 12.4. The van der Waals surface area contributed by atoms with Gasteiger partial charge in [-0.05, 0) is 71.4 Å². The summed E-state index contributed by atoms with van der Waals surface area (Å²) >= 11 is 0. The Morgan fingerprint density at radius 1 is 0.250 bits per heavy atom. The summed E-state index contributed by atoms with van der Waals surface area (Å²) in [5.41, 5.74) is 7.45. The minimum absolute atomic E-state index is 0.635. The Hall–Kier alpha value is -6.97. The molecular weight excluding hydrogens is 631 g/mol. The van der Waals surface area contributed by atoms with Crippen LogP contribution in [0.3, 0.4) is 0 Å². The van der Waals surface area contributed by atoms with Crippen molar-refractivity contribution < 1.29 is 0 Å². The summed E-state index contributed by atoms with van der Waals surface area (Å²) in [7, 11) is 0. The maximum absolute atomic E-state index is 5.18. The van der Waals surface area contributed by atoms with Crippen molar-refractivity contribution in [2.45, 2.75) is 0 Å². The van der Waals surface area contributed by atoms with Crippen LogP contribution in [-0.2, 0) is 0 Å². The standard InChI is InChI=1S/C49H31N3/c1-2-13-32(14-3-1)38-20-10-11-23-43(38)48-50-47(51-49(52-48)44-24-12-18-33-15-4-7-19-39(33)44)36-27-25-35(26-28-36)46-41-22-9-6-17-37(41)31-45-40-21-8-5-16-34(40)29-30-42(45)46/h1-31H. The smallest absolute Gasteiger partial charge is 0.164 e. The van der Waals surface area contributed by atoms with Gasteiger partial charge in [0.05, 0.1) is 0 Å². The van der Waals surface area contributed by atoms with Gasteiger partial charge in [0, 0.05) is 16.7 Å². The molecule has 3 heteroatoms. The van der Waals surface area contributed by atoms with E-state index in [0.717, 1.165) is 44.2 Å². The van der Waals surface area contributed by atoms with Crippen LogP contribution in [0.15, 0.2) is 188 Å². The summed E-state index contributed by atoms with van der Waals surface area (Å²) in [6.07, 6.45) is 0. The molecule has 0 saturated carbocycles. The van der Waals surface area contributed by atoms with Crippen LogP contribution in [0.5, 0.6) is 0 Å². The molecule has 3 nitrogen and oxygen atoms in total. The summed E-state index contributed by atoms with van der Waals surface area (Å²) in [5.74, 6) is 1.93. The van der Waals surface area contributed by atoms with Gasteiger partial charge in [0.2, 0.25) is 0 Å². The first-order chi connectivity index (χ1) is 25.8. The van der Waals surface area contributed by atoms with Crippen LogP contribution in [0.4, 0.5) is 0 Å². The summed E-state index contributed by atoms with van der Waals surface area (Å²) < 4.78 is 0. The number of hydrogen-bond acceptors (Lipinski definition) is 3. The van der Waals surface area contributed by atoms with Gasteiger partial charge in [-0.3, -0.25) is 0 Å². The lowest BCUT2D eigenvalue weighted by molar-refractivity contribution is 1.08. The van der Waals surface area contributed by atoms with Crippen LogP contribution in [-0.4, -0.2) is 15.0 Å².